The summed E-state index contributed by atoms with van der Waals surface area (Å²) in [5, 5.41) is 18.8. The van der Waals surface area contributed by atoms with Crippen molar-refractivity contribution in [3.05, 3.63) is 65.7 Å². The first-order chi connectivity index (χ1) is 13.5. The predicted octanol–water partition coefficient (Wildman–Crippen LogP) is 3.43. The maximum Gasteiger partial charge on any atom is 0.260 e. The van der Waals surface area contributed by atoms with Gasteiger partial charge in [0, 0.05) is 5.56 Å². The number of nitrogens with zero attached hydrogens (tertiary/aromatic N) is 4. The lowest BCUT2D eigenvalue weighted by Gasteiger charge is -2.12. The topological polar surface area (TPSA) is 84.2 Å². The molecular weight excluding hydrogens is 399 g/mol. The summed E-state index contributed by atoms with van der Waals surface area (Å²) < 4.78 is 15.4. The van der Waals surface area contributed by atoms with Crippen LogP contribution < -0.4 is 10.6 Å². The van der Waals surface area contributed by atoms with Gasteiger partial charge in [-0.15, -0.1) is 10.2 Å². The molecule has 140 valence electrons. The summed E-state index contributed by atoms with van der Waals surface area (Å²) in [7, 11) is 0. The first-order valence-electron chi connectivity index (χ1n) is 8.18. The first-order valence-corrected chi connectivity index (χ1v) is 9.40. The maximum absolute atomic E-state index is 13.8. The van der Waals surface area contributed by atoms with Gasteiger partial charge in [0.2, 0.25) is 4.96 Å². The van der Waals surface area contributed by atoms with Crippen molar-refractivity contribution in [2.45, 2.75) is 6.92 Å². The standard InChI is InChI=1S/C18H13FN6OS2/c1-10-22-23-18-25(10)24-16(28-18)12-7-3-5-9-14(12)20-17(27)21-15(26)11-6-2-4-8-13(11)19/h2-9H,1H3,(H2,20,21,26,27). The van der Waals surface area contributed by atoms with Crippen LogP contribution in [0.25, 0.3) is 15.5 Å². The van der Waals surface area contributed by atoms with E-state index in [0.29, 0.717) is 16.5 Å². The minimum Gasteiger partial charge on any atom is -0.332 e. The molecule has 1 amide bonds. The number of benzene rings is 2. The Morgan fingerprint density at radius 2 is 1.89 bits per heavy atom. The molecule has 0 spiro atoms. The van der Waals surface area contributed by atoms with E-state index in [1.165, 1.54) is 29.5 Å². The summed E-state index contributed by atoms with van der Waals surface area (Å²) >= 11 is 6.61. The van der Waals surface area contributed by atoms with Crippen LogP contribution in [0.5, 0.6) is 0 Å². The number of aromatic nitrogens is 4. The van der Waals surface area contributed by atoms with E-state index in [1.54, 1.807) is 10.6 Å². The number of hydrogen-bond acceptors (Lipinski definition) is 6. The number of para-hydroxylation sites is 1. The molecule has 28 heavy (non-hydrogen) atoms. The lowest BCUT2D eigenvalue weighted by Crippen LogP contribution is -2.34. The normalized spacial score (nSPS) is 10.8. The Kier molecular flexibility index (Phi) is 4.80. The lowest BCUT2D eigenvalue weighted by atomic mass is 10.2. The number of carbonyl (C=O) groups excluding carboxylic acids is 1. The Hall–Kier alpha value is -3.24. The Morgan fingerprint density at radius 1 is 1.14 bits per heavy atom. The van der Waals surface area contributed by atoms with Gasteiger partial charge in [0.05, 0.1) is 11.3 Å². The summed E-state index contributed by atoms with van der Waals surface area (Å²) in [6.45, 7) is 1.82. The highest BCUT2D eigenvalue weighted by Crippen LogP contribution is 2.31. The SMILES string of the molecule is Cc1nnc2sc(-c3ccccc3NC(=S)NC(=O)c3ccccc3F)nn12. The van der Waals surface area contributed by atoms with Crippen LogP contribution in [-0.4, -0.2) is 30.8 Å². The molecule has 0 aliphatic heterocycles. The summed E-state index contributed by atoms with van der Waals surface area (Å²) in [5.41, 5.74) is 1.37. The van der Waals surface area contributed by atoms with Gasteiger partial charge in [-0.25, -0.2) is 4.39 Å². The zero-order valence-corrected chi connectivity index (χ0v) is 16.1. The fourth-order valence-corrected chi connectivity index (χ4v) is 3.70. The van der Waals surface area contributed by atoms with Gasteiger partial charge in [-0.05, 0) is 43.4 Å². The van der Waals surface area contributed by atoms with Gasteiger partial charge in [-0.2, -0.15) is 9.61 Å². The Labute approximate surface area is 168 Å². The fraction of sp³-hybridized carbons (Fsp3) is 0.0556. The number of fused-ring (bicyclic) bond motifs is 1. The third kappa shape index (κ3) is 3.47. The number of anilines is 1. The molecule has 4 rings (SSSR count). The van der Waals surface area contributed by atoms with Crippen molar-refractivity contribution in [3.8, 4) is 10.6 Å². The largest absolute Gasteiger partial charge is 0.332 e. The highest BCUT2D eigenvalue weighted by molar-refractivity contribution is 7.80. The Balaban J connectivity index is 1.56. The second-order valence-electron chi connectivity index (χ2n) is 5.78. The molecule has 10 heteroatoms. The van der Waals surface area contributed by atoms with Crippen LogP contribution in [0.4, 0.5) is 10.1 Å². The van der Waals surface area contributed by atoms with E-state index >= 15 is 0 Å². The van der Waals surface area contributed by atoms with E-state index in [1.807, 2.05) is 31.2 Å². The van der Waals surface area contributed by atoms with Crippen LogP contribution in [0.1, 0.15) is 16.2 Å². The first kappa shape index (κ1) is 18.1. The highest BCUT2D eigenvalue weighted by Gasteiger charge is 2.16. The van der Waals surface area contributed by atoms with Crippen molar-refractivity contribution in [2.24, 2.45) is 0 Å². The van der Waals surface area contributed by atoms with Crippen LogP contribution in [-0.2, 0) is 0 Å². The number of carbonyl (C=O) groups is 1. The van der Waals surface area contributed by atoms with Crippen LogP contribution in [0.15, 0.2) is 48.5 Å². The fourth-order valence-electron chi connectivity index (χ4n) is 2.57. The Bertz CT molecular complexity index is 1200. The second kappa shape index (κ2) is 7.41. The molecule has 0 radical (unpaired) electrons. The maximum atomic E-state index is 13.8. The van der Waals surface area contributed by atoms with E-state index in [0.717, 1.165) is 10.6 Å². The molecule has 2 aromatic carbocycles. The molecule has 0 fully saturated rings. The molecule has 2 N–H and O–H groups in total. The summed E-state index contributed by atoms with van der Waals surface area (Å²) in [5.74, 6) is -0.545. The van der Waals surface area contributed by atoms with E-state index in [2.05, 4.69) is 25.9 Å². The van der Waals surface area contributed by atoms with Gasteiger partial charge in [0.25, 0.3) is 5.91 Å². The van der Waals surface area contributed by atoms with Crippen molar-refractivity contribution < 1.29 is 9.18 Å². The summed E-state index contributed by atoms with van der Waals surface area (Å²) in [6, 6.07) is 13.1. The molecule has 0 aliphatic carbocycles. The molecule has 0 aliphatic rings. The van der Waals surface area contributed by atoms with Gasteiger partial charge >= 0.3 is 0 Å². The van der Waals surface area contributed by atoms with Crippen LogP contribution in [0.2, 0.25) is 0 Å². The number of hydrogen-bond donors (Lipinski definition) is 2. The molecule has 0 unspecified atom stereocenters. The smallest absolute Gasteiger partial charge is 0.260 e. The third-order valence-electron chi connectivity index (χ3n) is 3.90. The van der Waals surface area contributed by atoms with Crippen molar-refractivity contribution in [1.29, 1.82) is 0 Å². The minimum atomic E-state index is -0.623. The van der Waals surface area contributed by atoms with E-state index in [9.17, 15) is 9.18 Å². The molecule has 2 heterocycles. The molecule has 7 nitrogen and oxygen atoms in total. The van der Waals surface area contributed by atoms with Crippen LogP contribution in [0.3, 0.4) is 0 Å². The van der Waals surface area contributed by atoms with Gasteiger partial charge < -0.3 is 5.32 Å². The van der Waals surface area contributed by atoms with Gasteiger partial charge in [0.1, 0.15) is 10.8 Å². The molecule has 2 aromatic heterocycles. The monoisotopic (exact) mass is 412 g/mol. The third-order valence-corrected chi connectivity index (χ3v) is 5.03. The quantitative estimate of drug-likeness (QED) is 0.502. The van der Waals surface area contributed by atoms with Crippen LogP contribution in [0, 0.1) is 12.7 Å². The van der Waals surface area contributed by atoms with E-state index < -0.39 is 11.7 Å². The number of halogens is 1. The molecule has 0 saturated heterocycles. The highest BCUT2D eigenvalue weighted by atomic mass is 32.1. The predicted molar refractivity (Wildman–Crippen MR) is 109 cm³/mol. The average molecular weight is 412 g/mol. The summed E-state index contributed by atoms with van der Waals surface area (Å²) in [6.07, 6.45) is 0. The zero-order valence-electron chi connectivity index (χ0n) is 14.5. The number of amides is 1. The van der Waals surface area contributed by atoms with Crippen molar-refractivity contribution in [2.75, 3.05) is 5.32 Å². The Morgan fingerprint density at radius 3 is 2.68 bits per heavy atom. The molecular formula is C18H13FN6OS2. The van der Waals surface area contributed by atoms with Gasteiger partial charge in [-0.1, -0.05) is 35.6 Å². The molecule has 0 atom stereocenters. The van der Waals surface area contributed by atoms with E-state index in [-0.39, 0.29) is 10.7 Å². The minimum absolute atomic E-state index is 0.0554. The molecule has 0 bridgehead atoms. The number of aryl methyl sites for hydroxylation is 1. The van der Waals surface area contributed by atoms with Crippen molar-refractivity contribution >= 4 is 45.2 Å². The summed E-state index contributed by atoms with van der Waals surface area (Å²) in [4.78, 5) is 12.9. The molecule has 4 aromatic rings. The zero-order chi connectivity index (χ0) is 19.7. The van der Waals surface area contributed by atoms with Gasteiger partial charge in [0.15, 0.2) is 10.9 Å². The molecule has 0 saturated carbocycles. The van der Waals surface area contributed by atoms with Crippen LogP contribution >= 0.6 is 23.6 Å². The number of rotatable bonds is 3. The average Bonchev–Trinajstić information content (AvgIpc) is 3.24. The van der Waals surface area contributed by atoms with Crippen molar-refractivity contribution in [3.63, 3.8) is 0 Å². The number of nitrogens with one attached hydrogen (secondary N) is 2. The lowest BCUT2D eigenvalue weighted by molar-refractivity contribution is 0.0974. The second-order valence-corrected chi connectivity index (χ2v) is 7.15. The van der Waals surface area contributed by atoms with Gasteiger partial charge in [-0.3, -0.25) is 10.1 Å². The van der Waals surface area contributed by atoms with E-state index in [4.69, 9.17) is 12.2 Å². The van der Waals surface area contributed by atoms with Crippen molar-refractivity contribution in [1.82, 2.24) is 25.1 Å². The number of thiocarbonyl (C=S) groups is 1.